The largest absolute Gasteiger partial charge is 0.496 e. The third-order valence-corrected chi connectivity index (χ3v) is 7.04. The number of carbonyl (C=O) groups excluding carboxylic acids is 1. The van der Waals surface area contributed by atoms with Crippen LogP contribution in [0.2, 0.25) is 0 Å². The van der Waals surface area contributed by atoms with Crippen LogP contribution in [-0.4, -0.2) is 32.8 Å². The molecule has 158 valence electrons. The summed E-state index contributed by atoms with van der Waals surface area (Å²) in [4.78, 5) is 12.6. The van der Waals surface area contributed by atoms with E-state index in [9.17, 15) is 9.36 Å². The molecule has 0 amide bonds. The van der Waals surface area contributed by atoms with Crippen LogP contribution < -0.4 is 4.74 Å². The average Bonchev–Trinajstić information content (AvgIpc) is 2.62. The van der Waals surface area contributed by atoms with Gasteiger partial charge in [0.2, 0.25) is 0 Å². The predicted molar refractivity (Wildman–Crippen MR) is 116 cm³/mol. The van der Waals surface area contributed by atoms with Gasteiger partial charge in [0.05, 0.1) is 7.11 Å². The molecule has 0 aliphatic carbocycles. The first-order valence-electron chi connectivity index (χ1n) is 9.37. The van der Waals surface area contributed by atoms with Crippen LogP contribution in [0.3, 0.4) is 0 Å². The summed E-state index contributed by atoms with van der Waals surface area (Å²) in [5, 5.41) is 0. The van der Waals surface area contributed by atoms with E-state index in [0.29, 0.717) is 0 Å². The van der Waals surface area contributed by atoms with Gasteiger partial charge in [-0.3, -0.25) is 9.36 Å². The molecule has 0 aliphatic heterocycles. The Balaban J connectivity index is 3.49. The lowest BCUT2D eigenvalue weighted by Gasteiger charge is -2.28. The summed E-state index contributed by atoms with van der Waals surface area (Å²) in [5.41, 5.74) is 1.95. The Morgan fingerprint density at radius 3 is 1.93 bits per heavy atom. The van der Waals surface area contributed by atoms with Gasteiger partial charge in [0.25, 0.3) is 0 Å². The molecular formula is C22H35O5P. The highest BCUT2D eigenvalue weighted by Gasteiger charge is 2.34. The number of rotatable bonds is 7. The molecule has 5 nitrogen and oxygen atoms in total. The molecule has 0 fully saturated rings. The highest BCUT2D eigenvalue weighted by molar-refractivity contribution is 7.55. The molecule has 28 heavy (non-hydrogen) atoms. The van der Waals surface area contributed by atoms with Crippen molar-refractivity contribution >= 4 is 19.5 Å². The molecular weight excluding hydrogens is 375 g/mol. The fraction of sp³-hybridized carbons (Fsp3) is 0.591. The van der Waals surface area contributed by atoms with E-state index < -0.39 is 13.3 Å². The molecule has 0 saturated carbocycles. The quantitative estimate of drug-likeness (QED) is 0.423. The Labute approximate surface area is 170 Å². The standard InChI is InChI=1S/C22H35O5P/c1-15(28(24,26-9)27-10)19(23)12-11-16-13-17(21(2,3)4)14-18(20(16)25-8)22(5,6)7/h11-15H,1-10H3. The maximum atomic E-state index is 12.6. The molecule has 1 unspecified atom stereocenters. The van der Waals surface area contributed by atoms with E-state index in [1.807, 2.05) is 6.07 Å². The van der Waals surface area contributed by atoms with E-state index in [0.717, 1.165) is 22.4 Å². The van der Waals surface area contributed by atoms with Crippen molar-refractivity contribution in [3.05, 3.63) is 34.9 Å². The van der Waals surface area contributed by atoms with Crippen LogP contribution in [0.5, 0.6) is 5.75 Å². The Bertz CT molecular complexity index is 773. The van der Waals surface area contributed by atoms with E-state index in [4.69, 9.17) is 13.8 Å². The lowest BCUT2D eigenvalue weighted by molar-refractivity contribution is -0.114. The lowest BCUT2D eigenvalue weighted by Crippen LogP contribution is -2.18. The first kappa shape index (κ1) is 24.6. The number of hydrogen-bond donors (Lipinski definition) is 0. The number of allylic oxidation sites excluding steroid dienone is 1. The molecule has 6 heteroatoms. The number of carbonyl (C=O) groups is 1. The summed E-state index contributed by atoms with van der Waals surface area (Å²) in [6, 6.07) is 4.21. The van der Waals surface area contributed by atoms with Crippen molar-refractivity contribution in [1.82, 2.24) is 0 Å². The van der Waals surface area contributed by atoms with Crippen molar-refractivity contribution in [2.45, 2.75) is 65.0 Å². The molecule has 0 spiro atoms. The highest BCUT2D eigenvalue weighted by Crippen LogP contribution is 2.51. The van der Waals surface area contributed by atoms with Crippen molar-refractivity contribution in [1.29, 1.82) is 0 Å². The van der Waals surface area contributed by atoms with Crippen molar-refractivity contribution < 1.29 is 23.1 Å². The number of methoxy groups -OCH3 is 1. The Kier molecular flexibility index (Phi) is 7.86. The highest BCUT2D eigenvalue weighted by atomic mass is 31.2. The monoisotopic (exact) mass is 410 g/mol. The Morgan fingerprint density at radius 1 is 1.00 bits per heavy atom. The summed E-state index contributed by atoms with van der Waals surface area (Å²) in [5.74, 6) is 0.409. The van der Waals surface area contributed by atoms with Gasteiger partial charge in [-0.25, -0.2) is 0 Å². The molecule has 0 radical (unpaired) electrons. The van der Waals surface area contributed by atoms with Gasteiger partial charge >= 0.3 is 7.60 Å². The van der Waals surface area contributed by atoms with Crippen LogP contribution in [0.4, 0.5) is 0 Å². The lowest BCUT2D eigenvalue weighted by atomic mass is 9.79. The normalized spacial score (nSPS) is 14.4. The van der Waals surface area contributed by atoms with E-state index in [1.54, 1.807) is 20.1 Å². The van der Waals surface area contributed by atoms with Gasteiger partial charge in [0.15, 0.2) is 5.78 Å². The first-order chi connectivity index (χ1) is 12.7. The van der Waals surface area contributed by atoms with E-state index >= 15 is 0 Å². The van der Waals surface area contributed by atoms with Gasteiger partial charge in [0, 0.05) is 25.3 Å². The van der Waals surface area contributed by atoms with E-state index in [2.05, 4.69) is 47.6 Å². The van der Waals surface area contributed by atoms with Crippen LogP contribution in [0, 0.1) is 0 Å². The molecule has 0 heterocycles. The van der Waals surface area contributed by atoms with Crippen molar-refractivity contribution in [2.24, 2.45) is 0 Å². The van der Waals surface area contributed by atoms with Crippen LogP contribution >= 0.6 is 7.60 Å². The van der Waals surface area contributed by atoms with E-state index in [1.165, 1.54) is 20.3 Å². The summed E-state index contributed by atoms with van der Waals surface area (Å²) in [7, 11) is 0.721. The number of ketones is 1. The number of benzene rings is 1. The minimum Gasteiger partial charge on any atom is -0.496 e. The van der Waals surface area contributed by atoms with Gasteiger partial charge in [-0.2, -0.15) is 0 Å². The second kappa shape index (κ2) is 8.94. The fourth-order valence-corrected chi connectivity index (χ4v) is 4.03. The van der Waals surface area contributed by atoms with Crippen LogP contribution in [0.15, 0.2) is 18.2 Å². The topological polar surface area (TPSA) is 61.8 Å². The molecule has 0 aliphatic rings. The summed E-state index contributed by atoms with van der Waals surface area (Å²) in [6.07, 6.45) is 3.14. The number of hydrogen-bond acceptors (Lipinski definition) is 5. The van der Waals surface area contributed by atoms with Crippen molar-refractivity contribution in [2.75, 3.05) is 21.3 Å². The van der Waals surface area contributed by atoms with Crippen LogP contribution in [0.25, 0.3) is 6.08 Å². The summed E-state index contributed by atoms with van der Waals surface area (Å²) in [6.45, 7) is 14.4. The number of ether oxygens (including phenoxy) is 1. The van der Waals surface area contributed by atoms with Crippen LogP contribution in [0.1, 0.15) is 65.2 Å². The maximum absolute atomic E-state index is 12.6. The van der Waals surface area contributed by atoms with Gasteiger partial charge in [-0.1, -0.05) is 47.6 Å². The third-order valence-electron chi connectivity index (χ3n) is 4.82. The third kappa shape index (κ3) is 5.56. The summed E-state index contributed by atoms with van der Waals surface area (Å²) < 4.78 is 28.1. The molecule has 0 saturated heterocycles. The zero-order valence-corrected chi connectivity index (χ0v) is 19.8. The van der Waals surface area contributed by atoms with Gasteiger partial charge in [-0.15, -0.1) is 0 Å². The zero-order valence-electron chi connectivity index (χ0n) is 18.9. The molecule has 1 atom stereocenters. The first-order valence-corrected chi connectivity index (χ1v) is 11.0. The van der Waals surface area contributed by atoms with E-state index in [-0.39, 0.29) is 16.6 Å². The zero-order chi connectivity index (χ0) is 21.9. The second-order valence-corrected chi connectivity index (χ2v) is 11.5. The summed E-state index contributed by atoms with van der Waals surface area (Å²) >= 11 is 0. The maximum Gasteiger partial charge on any atom is 0.340 e. The van der Waals surface area contributed by atoms with Gasteiger partial charge in [0.1, 0.15) is 11.4 Å². The molecule has 1 rings (SSSR count). The Hall–Kier alpha value is -1.42. The van der Waals surface area contributed by atoms with Gasteiger partial charge in [-0.05, 0) is 41.5 Å². The minimum absolute atomic E-state index is 0.0615. The second-order valence-electron chi connectivity index (χ2n) is 8.96. The molecule has 0 N–H and O–H groups in total. The minimum atomic E-state index is -3.47. The molecule has 0 aromatic heterocycles. The average molecular weight is 410 g/mol. The SMILES string of the molecule is COc1c(C=CC(=O)C(C)P(=O)(OC)OC)cc(C(C)(C)C)cc1C(C)(C)C. The van der Waals surface area contributed by atoms with Crippen LogP contribution in [-0.2, 0) is 29.2 Å². The van der Waals surface area contributed by atoms with Crippen molar-refractivity contribution in [3.63, 3.8) is 0 Å². The predicted octanol–water partition coefficient (Wildman–Crippen LogP) is 5.75. The Morgan fingerprint density at radius 2 is 1.54 bits per heavy atom. The van der Waals surface area contributed by atoms with Crippen molar-refractivity contribution in [3.8, 4) is 5.75 Å². The fourth-order valence-electron chi connectivity index (χ4n) is 2.85. The molecule has 1 aromatic rings. The smallest absolute Gasteiger partial charge is 0.340 e. The van der Waals surface area contributed by atoms with Gasteiger partial charge < -0.3 is 13.8 Å². The molecule has 1 aromatic carbocycles. The molecule has 0 bridgehead atoms.